The molecular weight excluding hydrogens is 276 g/mol. The topological polar surface area (TPSA) is 95.9 Å². The van der Waals surface area contributed by atoms with Gasteiger partial charge in [-0.25, -0.2) is 9.59 Å². The van der Waals surface area contributed by atoms with Gasteiger partial charge in [0.05, 0.1) is 0 Å². The second-order valence-corrected chi connectivity index (χ2v) is 6.61. The molecule has 0 saturated carbocycles. The average Bonchev–Trinajstić information content (AvgIpc) is 2.75. The van der Waals surface area contributed by atoms with Gasteiger partial charge >= 0.3 is 12.1 Å². The highest BCUT2D eigenvalue weighted by Gasteiger charge is 2.46. The van der Waals surface area contributed by atoms with Crippen LogP contribution in [0.3, 0.4) is 0 Å². The summed E-state index contributed by atoms with van der Waals surface area (Å²) in [7, 11) is 0. The van der Waals surface area contributed by atoms with Crippen molar-refractivity contribution in [1.82, 2.24) is 10.2 Å². The number of piperidine rings is 1. The van der Waals surface area contributed by atoms with Gasteiger partial charge in [-0.2, -0.15) is 0 Å². The number of fused-ring (bicyclic) bond motifs is 1. The highest BCUT2D eigenvalue weighted by Crippen LogP contribution is 2.32. The summed E-state index contributed by atoms with van der Waals surface area (Å²) < 4.78 is 5.14. The minimum absolute atomic E-state index is 0.0183. The summed E-state index contributed by atoms with van der Waals surface area (Å²) in [6.07, 6.45) is 1.76. The lowest BCUT2D eigenvalue weighted by Crippen LogP contribution is -2.57. The van der Waals surface area contributed by atoms with Crippen LogP contribution in [0.4, 0.5) is 4.79 Å². The SMILES string of the molecule is CC(C)(C)OC(=O)N[C@H]1CC[C@H]2CC[C@H](C(=O)O)N2C1=O. The molecule has 2 N–H and O–H groups in total. The summed E-state index contributed by atoms with van der Waals surface area (Å²) in [5, 5.41) is 11.7. The molecule has 0 unspecified atom stereocenters. The summed E-state index contributed by atoms with van der Waals surface area (Å²) in [6.45, 7) is 5.23. The van der Waals surface area contributed by atoms with Crippen LogP contribution in [0.5, 0.6) is 0 Å². The van der Waals surface area contributed by atoms with Crippen molar-refractivity contribution in [3.63, 3.8) is 0 Å². The molecule has 0 radical (unpaired) electrons. The van der Waals surface area contributed by atoms with Crippen molar-refractivity contribution in [2.24, 2.45) is 0 Å². The van der Waals surface area contributed by atoms with Crippen LogP contribution in [0.2, 0.25) is 0 Å². The Kier molecular flexibility index (Phi) is 4.11. The molecular formula is C14H22N2O5. The normalized spacial score (nSPS) is 29.0. The third-order valence-electron chi connectivity index (χ3n) is 3.82. The van der Waals surface area contributed by atoms with Gasteiger partial charge in [0.25, 0.3) is 0 Å². The second kappa shape index (κ2) is 5.54. The first-order chi connectivity index (χ1) is 9.69. The fourth-order valence-electron chi connectivity index (χ4n) is 2.99. The van der Waals surface area contributed by atoms with Crippen LogP contribution in [0, 0.1) is 0 Å². The smallest absolute Gasteiger partial charge is 0.408 e. The molecule has 2 rings (SSSR count). The van der Waals surface area contributed by atoms with Crippen molar-refractivity contribution in [2.75, 3.05) is 0 Å². The number of carbonyl (C=O) groups is 3. The van der Waals surface area contributed by atoms with E-state index in [9.17, 15) is 19.5 Å². The molecule has 7 heteroatoms. The molecule has 21 heavy (non-hydrogen) atoms. The van der Waals surface area contributed by atoms with Crippen LogP contribution in [0.15, 0.2) is 0 Å². The molecule has 0 aromatic heterocycles. The fourth-order valence-corrected chi connectivity index (χ4v) is 2.99. The standard InChI is InChI=1S/C14H22N2O5/c1-14(2,3)21-13(20)15-9-6-4-8-5-7-10(12(18)19)16(8)11(9)17/h8-10H,4-7H2,1-3H3,(H,15,20)(H,18,19)/t8-,9-,10+/m0/s1. The minimum Gasteiger partial charge on any atom is -0.480 e. The summed E-state index contributed by atoms with van der Waals surface area (Å²) in [5.74, 6) is -1.30. The van der Waals surface area contributed by atoms with Crippen molar-refractivity contribution >= 4 is 18.0 Å². The largest absolute Gasteiger partial charge is 0.480 e. The molecule has 2 saturated heterocycles. The number of aliphatic carboxylic acids is 1. The number of carbonyl (C=O) groups excluding carboxylic acids is 2. The highest BCUT2D eigenvalue weighted by atomic mass is 16.6. The number of alkyl carbamates (subject to hydrolysis) is 1. The van der Waals surface area contributed by atoms with Gasteiger partial charge in [-0.1, -0.05) is 0 Å². The van der Waals surface area contributed by atoms with Gasteiger partial charge in [0.2, 0.25) is 5.91 Å². The van der Waals surface area contributed by atoms with Crippen LogP contribution < -0.4 is 5.32 Å². The molecule has 2 fully saturated rings. The summed E-state index contributed by atoms with van der Waals surface area (Å²) in [4.78, 5) is 36.8. The van der Waals surface area contributed by atoms with Gasteiger partial charge in [-0.05, 0) is 46.5 Å². The molecule has 0 aromatic rings. The molecule has 0 spiro atoms. The Balaban J connectivity index is 2.02. The lowest BCUT2D eigenvalue weighted by atomic mass is 9.98. The number of carboxylic acids is 1. The third-order valence-corrected chi connectivity index (χ3v) is 3.82. The van der Waals surface area contributed by atoms with Crippen LogP contribution in [0.25, 0.3) is 0 Å². The number of ether oxygens (including phenoxy) is 1. The maximum absolute atomic E-state index is 12.4. The first-order valence-corrected chi connectivity index (χ1v) is 7.23. The van der Waals surface area contributed by atoms with Crippen molar-refractivity contribution in [3.8, 4) is 0 Å². The molecule has 2 aliphatic rings. The van der Waals surface area contributed by atoms with E-state index in [1.165, 1.54) is 4.90 Å². The van der Waals surface area contributed by atoms with E-state index in [0.717, 1.165) is 0 Å². The lowest BCUT2D eigenvalue weighted by molar-refractivity contribution is -0.152. The summed E-state index contributed by atoms with van der Waals surface area (Å²) in [5.41, 5.74) is -0.637. The number of hydrogen-bond acceptors (Lipinski definition) is 4. The number of nitrogens with zero attached hydrogens (tertiary/aromatic N) is 1. The Bertz CT molecular complexity index is 457. The number of carboxylic acid groups (broad SMARTS) is 1. The van der Waals surface area contributed by atoms with E-state index < -0.39 is 29.7 Å². The van der Waals surface area contributed by atoms with Gasteiger partial charge in [0.15, 0.2) is 0 Å². The number of hydrogen-bond donors (Lipinski definition) is 2. The van der Waals surface area contributed by atoms with E-state index in [0.29, 0.717) is 25.7 Å². The third kappa shape index (κ3) is 3.46. The van der Waals surface area contributed by atoms with Crippen LogP contribution >= 0.6 is 0 Å². The van der Waals surface area contributed by atoms with Crippen LogP contribution in [-0.2, 0) is 14.3 Å². The highest BCUT2D eigenvalue weighted by molar-refractivity contribution is 5.90. The quantitative estimate of drug-likeness (QED) is 0.796. The predicted octanol–water partition coefficient (Wildman–Crippen LogP) is 1.12. The van der Waals surface area contributed by atoms with Gasteiger partial charge in [-0.15, -0.1) is 0 Å². The molecule has 0 aromatic carbocycles. The molecule has 2 amide bonds. The van der Waals surface area contributed by atoms with Crippen LogP contribution in [-0.4, -0.2) is 51.7 Å². The Morgan fingerprint density at radius 2 is 1.86 bits per heavy atom. The summed E-state index contributed by atoms with van der Waals surface area (Å²) >= 11 is 0. The molecule has 0 aliphatic carbocycles. The monoisotopic (exact) mass is 298 g/mol. The Morgan fingerprint density at radius 3 is 2.43 bits per heavy atom. The molecule has 7 nitrogen and oxygen atoms in total. The maximum Gasteiger partial charge on any atom is 0.408 e. The average molecular weight is 298 g/mol. The maximum atomic E-state index is 12.4. The van der Waals surface area contributed by atoms with Crippen LogP contribution in [0.1, 0.15) is 46.5 Å². The number of amides is 2. The summed E-state index contributed by atoms with van der Waals surface area (Å²) in [6, 6.07) is -1.49. The molecule has 118 valence electrons. The predicted molar refractivity (Wildman–Crippen MR) is 73.7 cm³/mol. The van der Waals surface area contributed by atoms with E-state index >= 15 is 0 Å². The zero-order valence-electron chi connectivity index (χ0n) is 12.6. The van der Waals surface area contributed by atoms with E-state index in [1.807, 2.05) is 0 Å². The van der Waals surface area contributed by atoms with E-state index in [-0.39, 0.29) is 11.9 Å². The Morgan fingerprint density at radius 1 is 1.24 bits per heavy atom. The van der Waals surface area contributed by atoms with Gasteiger partial charge in [0, 0.05) is 6.04 Å². The first kappa shape index (κ1) is 15.6. The Labute approximate surface area is 123 Å². The zero-order chi connectivity index (χ0) is 15.8. The van der Waals surface area contributed by atoms with Crippen molar-refractivity contribution in [3.05, 3.63) is 0 Å². The van der Waals surface area contributed by atoms with E-state index in [2.05, 4.69) is 5.32 Å². The van der Waals surface area contributed by atoms with Gasteiger partial charge < -0.3 is 20.1 Å². The lowest BCUT2D eigenvalue weighted by Gasteiger charge is -2.37. The molecule has 0 bridgehead atoms. The van der Waals surface area contributed by atoms with Crippen molar-refractivity contribution < 1.29 is 24.2 Å². The van der Waals surface area contributed by atoms with E-state index in [1.54, 1.807) is 20.8 Å². The van der Waals surface area contributed by atoms with Crippen molar-refractivity contribution in [2.45, 2.75) is 70.2 Å². The van der Waals surface area contributed by atoms with Crippen molar-refractivity contribution in [1.29, 1.82) is 0 Å². The Hall–Kier alpha value is -1.79. The van der Waals surface area contributed by atoms with Gasteiger partial charge in [-0.3, -0.25) is 4.79 Å². The molecule has 2 aliphatic heterocycles. The number of rotatable bonds is 2. The molecule has 3 atom stereocenters. The van der Waals surface area contributed by atoms with Gasteiger partial charge in [0.1, 0.15) is 17.7 Å². The zero-order valence-corrected chi connectivity index (χ0v) is 12.6. The fraction of sp³-hybridized carbons (Fsp3) is 0.786. The first-order valence-electron chi connectivity index (χ1n) is 7.23. The van der Waals surface area contributed by atoms with E-state index in [4.69, 9.17) is 4.74 Å². The second-order valence-electron chi connectivity index (χ2n) is 6.61. The number of nitrogens with one attached hydrogen (secondary N) is 1. The molecule has 2 heterocycles. The minimum atomic E-state index is -0.983.